The van der Waals surface area contributed by atoms with Crippen LogP contribution >= 0.6 is 0 Å². The molecule has 4 rings (SSSR count). The molecule has 2 aliphatic rings. The Bertz CT molecular complexity index is 1000. The number of carbonyl (C=O) groups excluding carboxylic acids is 2. The van der Waals surface area contributed by atoms with E-state index in [9.17, 15) is 24.6 Å². The molecule has 0 radical (unpaired) electrons. The summed E-state index contributed by atoms with van der Waals surface area (Å²) < 4.78 is 5.47. The summed E-state index contributed by atoms with van der Waals surface area (Å²) in [6.07, 6.45) is 1.65. The Morgan fingerprint density at radius 1 is 0.941 bits per heavy atom. The predicted octanol–water partition coefficient (Wildman–Crippen LogP) is 3.04. The average molecular weight is 467 g/mol. The highest BCUT2D eigenvalue weighted by atomic mass is 16.5. The molecule has 2 aromatic rings. The van der Waals surface area contributed by atoms with Gasteiger partial charge >= 0.3 is 12.1 Å². The standard InChI is InChI=1S/C26H30N2O6/c29-14-16-9-11-17(12-10-16)27-25(32)23(13-24(30)31)28-26(33)34-15-22-20-7-3-1-5-18(20)19-6-2-4-8-21(19)22/h1-8,16-17,22-23,29H,9-15H2,(H,27,32)(H,28,33)(H,30,31). The van der Waals surface area contributed by atoms with Crippen LogP contribution in [-0.4, -0.2) is 53.5 Å². The van der Waals surface area contributed by atoms with Crippen molar-refractivity contribution < 1.29 is 29.3 Å². The molecule has 1 saturated carbocycles. The van der Waals surface area contributed by atoms with E-state index in [4.69, 9.17) is 4.74 Å². The third-order valence-corrected chi connectivity index (χ3v) is 6.78. The number of nitrogens with one attached hydrogen (secondary N) is 2. The van der Waals surface area contributed by atoms with E-state index in [0.29, 0.717) is 12.8 Å². The van der Waals surface area contributed by atoms with Crippen LogP contribution in [0, 0.1) is 5.92 Å². The van der Waals surface area contributed by atoms with Crippen molar-refractivity contribution in [2.24, 2.45) is 5.92 Å². The summed E-state index contributed by atoms with van der Waals surface area (Å²) in [5.41, 5.74) is 4.34. The lowest BCUT2D eigenvalue weighted by Gasteiger charge is -2.29. The van der Waals surface area contributed by atoms with E-state index in [0.717, 1.165) is 35.1 Å². The van der Waals surface area contributed by atoms with Gasteiger partial charge in [-0.25, -0.2) is 4.79 Å². The molecule has 0 aromatic heterocycles. The summed E-state index contributed by atoms with van der Waals surface area (Å²) in [6, 6.07) is 14.6. The molecule has 0 aliphatic heterocycles. The molecule has 0 saturated heterocycles. The fourth-order valence-corrected chi connectivity index (χ4v) is 4.96. The molecule has 34 heavy (non-hydrogen) atoms. The minimum atomic E-state index is -1.23. The van der Waals surface area contributed by atoms with Crippen LogP contribution in [0.5, 0.6) is 0 Å². The van der Waals surface area contributed by atoms with Crippen LogP contribution in [0.15, 0.2) is 48.5 Å². The number of carbonyl (C=O) groups is 3. The van der Waals surface area contributed by atoms with E-state index in [-0.39, 0.29) is 31.1 Å². The fourth-order valence-electron chi connectivity index (χ4n) is 4.96. The number of ether oxygens (including phenoxy) is 1. The van der Waals surface area contributed by atoms with Gasteiger partial charge in [0.25, 0.3) is 0 Å². The molecule has 0 bridgehead atoms. The van der Waals surface area contributed by atoms with Gasteiger partial charge in [0, 0.05) is 18.6 Å². The number of amides is 2. The molecule has 2 aliphatic carbocycles. The lowest BCUT2D eigenvalue weighted by Crippen LogP contribution is -2.51. The molecule has 1 unspecified atom stereocenters. The van der Waals surface area contributed by atoms with Crippen molar-refractivity contribution in [2.45, 2.75) is 50.1 Å². The zero-order valence-corrected chi connectivity index (χ0v) is 18.9. The largest absolute Gasteiger partial charge is 0.481 e. The van der Waals surface area contributed by atoms with Gasteiger partial charge in [0.2, 0.25) is 5.91 Å². The Morgan fingerprint density at radius 2 is 1.53 bits per heavy atom. The Balaban J connectivity index is 1.36. The van der Waals surface area contributed by atoms with Gasteiger partial charge in [-0.15, -0.1) is 0 Å². The van der Waals surface area contributed by atoms with E-state index in [2.05, 4.69) is 10.6 Å². The average Bonchev–Trinajstić information content (AvgIpc) is 3.16. The van der Waals surface area contributed by atoms with Crippen molar-refractivity contribution in [3.05, 3.63) is 59.7 Å². The normalized spacial score (nSPS) is 20.0. The van der Waals surface area contributed by atoms with E-state index in [1.807, 2.05) is 48.5 Å². The monoisotopic (exact) mass is 466 g/mol. The third-order valence-electron chi connectivity index (χ3n) is 6.78. The molecule has 2 aromatic carbocycles. The van der Waals surface area contributed by atoms with Gasteiger partial charge in [-0.3, -0.25) is 9.59 Å². The van der Waals surface area contributed by atoms with E-state index >= 15 is 0 Å². The number of aliphatic hydroxyl groups is 1. The van der Waals surface area contributed by atoms with Gasteiger partial charge in [0.05, 0.1) is 6.42 Å². The molecular weight excluding hydrogens is 436 g/mol. The first-order chi connectivity index (χ1) is 16.5. The highest BCUT2D eigenvalue weighted by Crippen LogP contribution is 2.44. The maximum absolute atomic E-state index is 12.7. The highest BCUT2D eigenvalue weighted by Gasteiger charge is 2.31. The third kappa shape index (κ3) is 5.39. The summed E-state index contributed by atoms with van der Waals surface area (Å²) in [5.74, 6) is -1.63. The van der Waals surface area contributed by atoms with E-state index in [1.54, 1.807) is 0 Å². The van der Waals surface area contributed by atoms with Crippen molar-refractivity contribution in [1.29, 1.82) is 0 Å². The number of carboxylic acid groups (broad SMARTS) is 1. The smallest absolute Gasteiger partial charge is 0.407 e. The van der Waals surface area contributed by atoms with E-state index in [1.165, 1.54) is 0 Å². The molecule has 8 nitrogen and oxygen atoms in total. The fraction of sp³-hybridized carbons (Fsp3) is 0.423. The van der Waals surface area contributed by atoms with Crippen molar-refractivity contribution in [3.63, 3.8) is 0 Å². The molecule has 1 atom stereocenters. The number of carboxylic acids is 1. The molecule has 180 valence electrons. The number of aliphatic carboxylic acids is 1. The molecular formula is C26H30N2O6. The first kappa shape index (κ1) is 23.8. The first-order valence-electron chi connectivity index (χ1n) is 11.7. The zero-order chi connectivity index (χ0) is 24.1. The Kier molecular flexibility index (Phi) is 7.47. The van der Waals surface area contributed by atoms with Gasteiger partial charge in [-0.1, -0.05) is 48.5 Å². The minimum absolute atomic E-state index is 0.0758. The summed E-state index contributed by atoms with van der Waals surface area (Å²) in [6.45, 7) is 0.206. The molecule has 4 N–H and O–H groups in total. The SMILES string of the molecule is O=C(O)CC(NC(=O)OCC1c2ccccc2-c2ccccc21)C(=O)NC1CCC(CO)CC1. The Morgan fingerprint density at radius 3 is 2.09 bits per heavy atom. The maximum Gasteiger partial charge on any atom is 0.407 e. The Hall–Kier alpha value is -3.39. The highest BCUT2D eigenvalue weighted by molar-refractivity contribution is 5.89. The second kappa shape index (κ2) is 10.7. The second-order valence-corrected chi connectivity index (χ2v) is 9.03. The van der Waals surface area contributed by atoms with Gasteiger partial charge in [-0.05, 0) is 53.9 Å². The summed E-state index contributed by atoms with van der Waals surface area (Å²) in [5, 5.41) is 23.8. The molecule has 0 heterocycles. The number of hydrogen-bond acceptors (Lipinski definition) is 5. The van der Waals surface area contributed by atoms with Crippen molar-refractivity contribution in [2.75, 3.05) is 13.2 Å². The summed E-state index contributed by atoms with van der Waals surface area (Å²) in [7, 11) is 0. The molecule has 8 heteroatoms. The van der Waals surface area contributed by atoms with Crippen LogP contribution < -0.4 is 10.6 Å². The maximum atomic E-state index is 12.7. The van der Waals surface area contributed by atoms with Crippen molar-refractivity contribution in [1.82, 2.24) is 10.6 Å². The molecule has 0 spiro atoms. The van der Waals surface area contributed by atoms with Crippen LogP contribution in [0.2, 0.25) is 0 Å². The number of benzene rings is 2. The van der Waals surface area contributed by atoms with E-state index < -0.39 is 30.4 Å². The van der Waals surface area contributed by atoms with Crippen molar-refractivity contribution >= 4 is 18.0 Å². The van der Waals surface area contributed by atoms with Crippen LogP contribution in [0.3, 0.4) is 0 Å². The zero-order valence-electron chi connectivity index (χ0n) is 18.9. The van der Waals surface area contributed by atoms with Crippen LogP contribution in [0.4, 0.5) is 4.79 Å². The summed E-state index contributed by atoms with van der Waals surface area (Å²) in [4.78, 5) is 36.6. The number of hydrogen-bond donors (Lipinski definition) is 4. The van der Waals surface area contributed by atoms with Crippen LogP contribution in [0.25, 0.3) is 11.1 Å². The van der Waals surface area contributed by atoms with Crippen LogP contribution in [0.1, 0.15) is 49.1 Å². The topological polar surface area (TPSA) is 125 Å². The van der Waals surface area contributed by atoms with Crippen LogP contribution in [-0.2, 0) is 14.3 Å². The number of aliphatic hydroxyl groups excluding tert-OH is 1. The number of fused-ring (bicyclic) bond motifs is 3. The van der Waals surface area contributed by atoms with Gasteiger partial charge in [0.15, 0.2) is 0 Å². The predicted molar refractivity (Wildman–Crippen MR) is 125 cm³/mol. The van der Waals surface area contributed by atoms with Gasteiger partial charge in [-0.2, -0.15) is 0 Å². The first-order valence-corrected chi connectivity index (χ1v) is 11.7. The second-order valence-electron chi connectivity index (χ2n) is 9.03. The molecule has 1 fully saturated rings. The van der Waals surface area contributed by atoms with Crippen molar-refractivity contribution in [3.8, 4) is 11.1 Å². The Labute approximate surface area is 198 Å². The van der Waals surface area contributed by atoms with Gasteiger partial charge < -0.3 is 25.6 Å². The minimum Gasteiger partial charge on any atom is -0.481 e. The van der Waals surface area contributed by atoms with Gasteiger partial charge in [0.1, 0.15) is 12.6 Å². The molecule has 2 amide bonds. The summed E-state index contributed by atoms with van der Waals surface area (Å²) >= 11 is 0. The lowest BCUT2D eigenvalue weighted by atomic mass is 9.86. The number of alkyl carbamates (subject to hydrolysis) is 1. The lowest BCUT2D eigenvalue weighted by molar-refractivity contribution is -0.140. The quantitative estimate of drug-likeness (QED) is 0.474. The number of rotatable bonds is 8.